The molecule has 0 atom stereocenters. The summed E-state index contributed by atoms with van der Waals surface area (Å²) in [5.74, 6) is 0. The Bertz CT molecular complexity index is 4240. The third-order valence-electron chi connectivity index (χ3n) is 16.2. The van der Waals surface area contributed by atoms with Crippen molar-refractivity contribution in [3.8, 4) is 33.6 Å². The number of para-hydroxylation sites is 2. The number of rotatable bonds is 2. The van der Waals surface area contributed by atoms with Crippen LogP contribution in [0.25, 0.3) is 88.0 Å². The standard InChI is InChI=1S/C66H40N2/c1-2-19-42(20-3-1)67-61-33-17-9-25-48(61)51-38-43(35-37-62(51)67)68-63-40-50-47-24-8-12-28-55(47)66(60(50)39-52(63)49-36-34-41-18-4-5-21-44(41)64(49)68)58-31-15-13-29-56(58)65(57-30-14-16-32-59(57)66)53-26-10-6-22-45(53)46-23-7-11-27-54(46)65/h1-40H. The fraction of sp³-hybridized carbons (Fsp3) is 0.0303. The van der Waals surface area contributed by atoms with Gasteiger partial charge in [-0.3, -0.25) is 0 Å². The van der Waals surface area contributed by atoms with E-state index in [1.54, 1.807) is 0 Å². The SMILES string of the molecule is c1ccc(-n2c3ccccc3c3cc(-n4c5cc6c(cc5c5ccc7ccccc7c54)C4(c5ccccc5-6)c5ccccc5C5(c6ccccc6-c6ccccc65)c5ccccc54)ccc32)cc1. The molecule has 2 heteroatoms. The predicted molar refractivity (Wildman–Crippen MR) is 281 cm³/mol. The van der Waals surface area contributed by atoms with Crippen LogP contribution in [0.1, 0.15) is 44.5 Å². The van der Waals surface area contributed by atoms with Crippen molar-refractivity contribution in [2.75, 3.05) is 0 Å². The minimum Gasteiger partial charge on any atom is -0.309 e. The van der Waals surface area contributed by atoms with Crippen LogP contribution in [0.3, 0.4) is 0 Å². The lowest BCUT2D eigenvalue weighted by atomic mass is 9.52. The molecule has 0 N–H and O–H groups in total. The summed E-state index contributed by atoms with van der Waals surface area (Å²) in [6.45, 7) is 0. The molecule has 2 heterocycles. The van der Waals surface area contributed by atoms with Gasteiger partial charge in [0.2, 0.25) is 0 Å². The van der Waals surface area contributed by atoms with E-state index in [4.69, 9.17) is 0 Å². The van der Waals surface area contributed by atoms with E-state index in [9.17, 15) is 0 Å². The highest BCUT2D eigenvalue weighted by atomic mass is 15.0. The first-order chi connectivity index (χ1) is 33.8. The average molecular weight is 861 g/mol. The van der Waals surface area contributed by atoms with Crippen LogP contribution >= 0.6 is 0 Å². The zero-order chi connectivity index (χ0) is 44.3. The van der Waals surface area contributed by atoms with Crippen LogP contribution in [0.5, 0.6) is 0 Å². The first-order valence-corrected chi connectivity index (χ1v) is 23.8. The molecule has 68 heavy (non-hydrogen) atoms. The van der Waals surface area contributed by atoms with Gasteiger partial charge in [-0.2, -0.15) is 0 Å². The molecule has 3 aliphatic carbocycles. The van der Waals surface area contributed by atoms with E-state index < -0.39 is 10.8 Å². The molecular formula is C66H40N2. The smallest absolute Gasteiger partial charge is 0.0720 e. The fourth-order valence-corrected chi connectivity index (χ4v) is 13.7. The summed E-state index contributed by atoms with van der Waals surface area (Å²) < 4.78 is 4.98. The van der Waals surface area contributed by atoms with E-state index in [-0.39, 0.29) is 0 Å². The number of hydrogen-bond donors (Lipinski definition) is 0. The van der Waals surface area contributed by atoms with Gasteiger partial charge in [0.1, 0.15) is 0 Å². The molecule has 0 amide bonds. The summed E-state index contributed by atoms with van der Waals surface area (Å²) in [6.07, 6.45) is 0. The summed E-state index contributed by atoms with van der Waals surface area (Å²) in [7, 11) is 0. The van der Waals surface area contributed by atoms with E-state index in [2.05, 4.69) is 252 Å². The molecular weight excluding hydrogens is 821 g/mol. The van der Waals surface area contributed by atoms with Crippen LogP contribution in [0, 0.1) is 0 Å². The van der Waals surface area contributed by atoms with Crippen molar-refractivity contribution >= 4 is 54.4 Å². The van der Waals surface area contributed by atoms with Crippen molar-refractivity contribution in [2.24, 2.45) is 0 Å². The van der Waals surface area contributed by atoms with Crippen molar-refractivity contribution in [3.63, 3.8) is 0 Å². The van der Waals surface area contributed by atoms with Crippen molar-refractivity contribution in [3.05, 3.63) is 287 Å². The van der Waals surface area contributed by atoms with Crippen molar-refractivity contribution < 1.29 is 0 Å². The number of aromatic nitrogens is 2. The Morgan fingerprint density at radius 3 is 1.37 bits per heavy atom. The molecule has 0 radical (unpaired) electrons. The first kappa shape index (κ1) is 36.5. The zero-order valence-electron chi connectivity index (χ0n) is 37.0. The van der Waals surface area contributed by atoms with Gasteiger partial charge in [-0.25, -0.2) is 0 Å². The highest BCUT2D eigenvalue weighted by molar-refractivity contribution is 6.20. The lowest BCUT2D eigenvalue weighted by Gasteiger charge is -2.48. The molecule has 16 rings (SSSR count). The Morgan fingerprint density at radius 2 is 0.721 bits per heavy atom. The minimum atomic E-state index is -0.575. The Balaban J connectivity index is 1.03. The van der Waals surface area contributed by atoms with E-state index in [0.717, 1.165) is 11.4 Å². The summed E-state index contributed by atoms with van der Waals surface area (Å²) in [4.78, 5) is 0. The summed E-state index contributed by atoms with van der Waals surface area (Å²) in [5.41, 5.74) is 22.1. The van der Waals surface area contributed by atoms with Gasteiger partial charge in [-0.15, -0.1) is 0 Å². The molecule has 2 nitrogen and oxygen atoms in total. The molecule has 11 aromatic carbocycles. The average Bonchev–Trinajstić information content (AvgIpc) is 4.10. The van der Waals surface area contributed by atoms with Crippen molar-refractivity contribution in [2.45, 2.75) is 10.8 Å². The van der Waals surface area contributed by atoms with Gasteiger partial charge in [-0.1, -0.05) is 194 Å². The normalized spacial score (nSPS) is 14.4. The highest BCUT2D eigenvalue weighted by Gasteiger charge is 2.59. The predicted octanol–water partition coefficient (Wildman–Crippen LogP) is 16.1. The van der Waals surface area contributed by atoms with Crippen LogP contribution in [0.4, 0.5) is 0 Å². The quantitative estimate of drug-likeness (QED) is 0.164. The molecule has 0 unspecified atom stereocenters. The van der Waals surface area contributed by atoms with Crippen LogP contribution in [-0.2, 0) is 10.8 Å². The fourth-order valence-electron chi connectivity index (χ4n) is 13.7. The minimum absolute atomic E-state index is 0.482. The van der Waals surface area contributed by atoms with Gasteiger partial charge >= 0.3 is 0 Å². The summed E-state index contributed by atoms with van der Waals surface area (Å²) >= 11 is 0. The maximum absolute atomic E-state index is 2.60. The molecule has 2 aromatic heterocycles. The zero-order valence-corrected chi connectivity index (χ0v) is 37.0. The van der Waals surface area contributed by atoms with Crippen LogP contribution in [-0.4, -0.2) is 9.13 Å². The van der Waals surface area contributed by atoms with E-state index in [0.29, 0.717) is 0 Å². The lowest BCUT2D eigenvalue weighted by Crippen LogP contribution is -2.43. The van der Waals surface area contributed by atoms with Gasteiger partial charge in [-0.05, 0) is 121 Å². The molecule has 3 aliphatic rings. The van der Waals surface area contributed by atoms with E-state index in [1.165, 1.54) is 121 Å². The Kier molecular flexibility index (Phi) is 6.98. The maximum Gasteiger partial charge on any atom is 0.0720 e. The van der Waals surface area contributed by atoms with Gasteiger partial charge in [0, 0.05) is 38.3 Å². The van der Waals surface area contributed by atoms with Gasteiger partial charge in [0.25, 0.3) is 0 Å². The summed E-state index contributed by atoms with van der Waals surface area (Å²) in [5, 5.41) is 7.48. The van der Waals surface area contributed by atoms with Gasteiger partial charge < -0.3 is 9.13 Å². The van der Waals surface area contributed by atoms with Crippen molar-refractivity contribution in [1.82, 2.24) is 9.13 Å². The first-order valence-electron chi connectivity index (χ1n) is 23.8. The van der Waals surface area contributed by atoms with E-state index in [1.807, 2.05) is 0 Å². The van der Waals surface area contributed by atoms with Crippen LogP contribution < -0.4 is 0 Å². The van der Waals surface area contributed by atoms with Gasteiger partial charge in [0.05, 0.1) is 32.9 Å². The number of fused-ring (bicyclic) bond motifs is 24. The second kappa shape index (κ2) is 13.0. The molecule has 0 saturated heterocycles. The maximum atomic E-state index is 2.60. The molecule has 13 aromatic rings. The number of hydrogen-bond acceptors (Lipinski definition) is 0. The summed E-state index contributed by atoms with van der Waals surface area (Å²) in [6, 6.07) is 91.9. The molecule has 0 aliphatic heterocycles. The Labute approximate surface area is 393 Å². The number of benzene rings is 11. The molecule has 0 fully saturated rings. The molecule has 314 valence electrons. The molecule has 2 spiro atoms. The van der Waals surface area contributed by atoms with E-state index >= 15 is 0 Å². The highest BCUT2D eigenvalue weighted by Crippen LogP contribution is 2.67. The van der Waals surface area contributed by atoms with Crippen molar-refractivity contribution in [1.29, 1.82) is 0 Å². The largest absolute Gasteiger partial charge is 0.309 e. The Morgan fingerprint density at radius 1 is 0.235 bits per heavy atom. The monoisotopic (exact) mass is 860 g/mol. The Hall–Kier alpha value is -8.72. The second-order valence-electron chi connectivity index (χ2n) is 19.1. The van der Waals surface area contributed by atoms with Crippen LogP contribution in [0.15, 0.2) is 243 Å². The molecule has 0 saturated carbocycles. The lowest BCUT2D eigenvalue weighted by molar-refractivity contribution is 0.633. The van der Waals surface area contributed by atoms with Crippen LogP contribution in [0.2, 0.25) is 0 Å². The third-order valence-corrected chi connectivity index (χ3v) is 16.2. The third kappa shape index (κ3) is 4.26. The topological polar surface area (TPSA) is 9.86 Å². The second-order valence-corrected chi connectivity index (χ2v) is 19.1. The van der Waals surface area contributed by atoms with Gasteiger partial charge in [0.15, 0.2) is 0 Å². The molecule has 0 bridgehead atoms. The number of nitrogens with zero attached hydrogens (tertiary/aromatic N) is 2.